The van der Waals surface area contributed by atoms with Gasteiger partial charge in [0.25, 0.3) is 0 Å². The summed E-state index contributed by atoms with van der Waals surface area (Å²) in [7, 11) is 0. The van der Waals surface area contributed by atoms with Crippen molar-refractivity contribution in [3.05, 3.63) is 70.8 Å². The van der Waals surface area contributed by atoms with Crippen molar-refractivity contribution < 1.29 is 19.1 Å². The second-order valence-corrected chi connectivity index (χ2v) is 12.3. The maximum atomic E-state index is 14.4. The van der Waals surface area contributed by atoms with Crippen LogP contribution in [-0.4, -0.2) is 40.5 Å². The molecule has 0 bridgehead atoms. The van der Waals surface area contributed by atoms with Gasteiger partial charge in [0.15, 0.2) is 0 Å². The van der Waals surface area contributed by atoms with E-state index in [1.807, 2.05) is 76.2 Å². The molecule has 4 unspecified atom stereocenters. The smallest absolute Gasteiger partial charge is 0.408 e. The van der Waals surface area contributed by atoms with Crippen molar-refractivity contribution >= 4 is 17.9 Å². The Morgan fingerprint density at radius 1 is 1.05 bits per heavy atom. The van der Waals surface area contributed by atoms with Gasteiger partial charge in [-0.3, -0.25) is 9.59 Å². The topological polar surface area (TPSA) is 87.7 Å². The number of nitrogens with zero attached hydrogens (tertiary/aromatic N) is 1. The molecule has 1 fully saturated rings. The van der Waals surface area contributed by atoms with Gasteiger partial charge in [0, 0.05) is 12.6 Å². The quantitative estimate of drug-likeness (QED) is 0.400. The van der Waals surface area contributed by atoms with Crippen molar-refractivity contribution in [1.29, 1.82) is 0 Å². The van der Waals surface area contributed by atoms with E-state index in [0.717, 1.165) is 28.7 Å². The van der Waals surface area contributed by atoms with E-state index in [-0.39, 0.29) is 29.7 Å². The van der Waals surface area contributed by atoms with E-state index < -0.39 is 23.8 Å². The van der Waals surface area contributed by atoms with E-state index in [1.165, 1.54) is 0 Å². The molecule has 0 saturated heterocycles. The second kappa shape index (κ2) is 12.7. The van der Waals surface area contributed by atoms with E-state index in [9.17, 15) is 14.4 Å². The molecule has 1 aliphatic carbocycles. The summed E-state index contributed by atoms with van der Waals surface area (Å²) in [5.41, 5.74) is 3.03. The van der Waals surface area contributed by atoms with Crippen LogP contribution < -0.4 is 10.6 Å². The third-order valence-electron chi connectivity index (χ3n) is 6.94. The molecule has 39 heavy (non-hydrogen) atoms. The van der Waals surface area contributed by atoms with Crippen molar-refractivity contribution in [3.63, 3.8) is 0 Å². The van der Waals surface area contributed by atoms with Crippen LogP contribution in [-0.2, 0) is 20.9 Å². The Morgan fingerprint density at radius 3 is 2.26 bits per heavy atom. The average molecular weight is 536 g/mol. The number of alkyl carbamates (subject to hydrolysis) is 1. The third kappa shape index (κ3) is 8.57. The molecule has 2 aromatic rings. The fraction of sp³-hybridized carbons (Fsp3) is 0.531. The second-order valence-electron chi connectivity index (χ2n) is 12.3. The van der Waals surface area contributed by atoms with E-state index in [0.29, 0.717) is 13.0 Å². The van der Waals surface area contributed by atoms with Gasteiger partial charge in [-0.15, -0.1) is 0 Å². The lowest BCUT2D eigenvalue weighted by Gasteiger charge is -2.36. The molecule has 0 radical (unpaired) electrons. The Hall–Kier alpha value is -3.35. The van der Waals surface area contributed by atoms with Crippen LogP contribution in [0.3, 0.4) is 0 Å². The highest BCUT2D eigenvalue weighted by Crippen LogP contribution is 2.41. The van der Waals surface area contributed by atoms with Gasteiger partial charge in [0.2, 0.25) is 11.8 Å². The lowest BCUT2D eigenvalue weighted by atomic mass is 9.94. The number of benzene rings is 2. The Labute approximate surface area is 233 Å². The van der Waals surface area contributed by atoms with Gasteiger partial charge >= 0.3 is 6.09 Å². The number of rotatable bonds is 10. The van der Waals surface area contributed by atoms with Gasteiger partial charge in [-0.2, -0.15) is 0 Å². The first kappa shape index (κ1) is 30.2. The molecule has 7 heteroatoms. The summed E-state index contributed by atoms with van der Waals surface area (Å²) in [6.45, 7) is 15.8. The number of carbonyl (C=O) groups excluding carboxylic acids is 3. The van der Waals surface area contributed by atoms with Crippen LogP contribution >= 0.6 is 0 Å². The molecule has 4 atom stereocenters. The Balaban J connectivity index is 2.01. The highest BCUT2D eigenvalue weighted by Gasteiger charge is 2.48. The predicted molar refractivity (Wildman–Crippen MR) is 154 cm³/mol. The highest BCUT2D eigenvalue weighted by atomic mass is 16.6. The largest absolute Gasteiger partial charge is 0.444 e. The number of hydrogen-bond donors (Lipinski definition) is 2. The minimum Gasteiger partial charge on any atom is -0.444 e. The van der Waals surface area contributed by atoms with Crippen LogP contribution in [0.1, 0.15) is 82.7 Å². The Bertz CT molecular complexity index is 1160. The predicted octanol–water partition coefficient (Wildman–Crippen LogP) is 5.84. The van der Waals surface area contributed by atoms with Crippen molar-refractivity contribution in [3.8, 4) is 0 Å². The SMILES string of the molecule is Cc1ccc(C)c(C(C(=O)NCc2ccccc2)N(C(=O)C(CC(C)C)NC(=O)OC(C)(C)C)C2CC2C)c1. The van der Waals surface area contributed by atoms with Crippen molar-refractivity contribution in [2.45, 2.75) is 98.5 Å². The fourth-order valence-electron chi connectivity index (χ4n) is 4.85. The Morgan fingerprint density at radius 2 is 1.69 bits per heavy atom. The first-order chi connectivity index (χ1) is 18.3. The molecule has 0 spiro atoms. The van der Waals surface area contributed by atoms with Crippen LogP contribution in [0.15, 0.2) is 48.5 Å². The zero-order valence-electron chi connectivity index (χ0n) is 24.7. The van der Waals surface area contributed by atoms with E-state index in [4.69, 9.17) is 4.74 Å². The summed E-state index contributed by atoms with van der Waals surface area (Å²) in [5.74, 6) is -0.103. The number of hydrogen-bond acceptors (Lipinski definition) is 4. The van der Waals surface area contributed by atoms with Crippen LogP contribution in [0, 0.1) is 25.7 Å². The molecule has 2 aromatic carbocycles. The summed E-state index contributed by atoms with van der Waals surface area (Å²) in [5, 5.41) is 5.91. The average Bonchev–Trinajstić information content (AvgIpc) is 3.56. The zero-order chi connectivity index (χ0) is 28.9. The van der Waals surface area contributed by atoms with Crippen LogP contribution in [0.4, 0.5) is 4.79 Å². The van der Waals surface area contributed by atoms with Crippen molar-refractivity contribution in [2.24, 2.45) is 11.8 Å². The summed E-state index contributed by atoms with van der Waals surface area (Å²) in [6, 6.07) is 14.0. The van der Waals surface area contributed by atoms with Gasteiger partial charge < -0.3 is 20.3 Å². The minimum absolute atomic E-state index is 0.0972. The molecule has 2 N–H and O–H groups in total. The molecule has 3 rings (SSSR count). The molecule has 1 saturated carbocycles. The first-order valence-electron chi connectivity index (χ1n) is 14.0. The van der Waals surface area contributed by atoms with E-state index in [1.54, 1.807) is 25.7 Å². The van der Waals surface area contributed by atoms with Gasteiger partial charge in [0.1, 0.15) is 17.7 Å². The minimum atomic E-state index is -0.828. The van der Waals surface area contributed by atoms with Gasteiger partial charge in [-0.25, -0.2) is 4.79 Å². The Kier molecular flexibility index (Phi) is 9.81. The molecular formula is C32H45N3O4. The summed E-state index contributed by atoms with van der Waals surface area (Å²) < 4.78 is 5.49. The molecule has 7 nitrogen and oxygen atoms in total. The third-order valence-corrected chi connectivity index (χ3v) is 6.94. The summed E-state index contributed by atoms with van der Waals surface area (Å²) in [6.07, 6.45) is 0.600. The van der Waals surface area contributed by atoms with E-state index >= 15 is 0 Å². The molecule has 212 valence electrons. The van der Waals surface area contributed by atoms with Gasteiger partial charge in [-0.05, 0) is 76.0 Å². The molecule has 0 aliphatic heterocycles. The molecule has 0 heterocycles. The maximum absolute atomic E-state index is 14.4. The number of aryl methyl sites for hydroxylation is 2. The number of carbonyl (C=O) groups is 3. The summed E-state index contributed by atoms with van der Waals surface area (Å²) >= 11 is 0. The van der Waals surface area contributed by atoms with Crippen molar-refractivity contribution in [2.75, 3.05) is 0 Å². The first-order valence-corrected chi connectivity index (χ1v) is 14.0. The molecule has 1 aliphatic rings. The highest BCUT2D eigenvalue weighted by molar-refractivity contribution is 5.93. The lowest BCUT2D eigenvalue weighted by molar-refractivity contribution is -0.143. The maximum Gasteiger partial charge on any atom is 0.408 e. The standard InChI is InChI=1S/C32H45N3O4/c1-20(2)16-26(34-31(38)39-32(6,7)8)30(37)35(27-18-23(27)5)28(25-17-21(3)14-15-22(25)4)29(36)33-19-24-12-10-9-11-13-24/h9-15,17,20,23,26-28H,16,18-19H2,1-8H3,(H,33,36)(H,34,38). The van der Waals surface area contributed by atoms with Crippen LogP contribution in [0.5, 0.6) is 0 Å². The van der Waals surface area contributed by atoms with Crippen molar-refractivity contribution in [1.82, 2.24) is 15.5 Å². The number of ether oxygens (including phenoxy) is 1. The fourth-order valence-corrected chi connectivity index (χ4v) is 4.85. The van der Waals surface area contributed by atoms with Gasteiger partial charge in [-0.1, -0.05) is 74.9 Å². The zero-order valence-corrected chi connectivity index (χ0v) is 24.7. The van der Waals surface area contributed by atoms with E-state index in [2.05, 4.69) is 17.6 Å². The molecule has 3 amide bonds. The molecular weight excluding hydrogens is 490 g/mol. The number of nitrogens with one attached hydrogen (secondary N) is 2. The monoisotopic (exact) mass is 535 g/mol. The normalized spacial score (nSPS) is 18.2. The lowest BCUT2D eigenvalue weighted by Crippen LogP contribution is -2.54. The molecule has 0 aromatic heterocycles. The van der Waals surface area contributed by atoms with Crippen LogP contribution in [0.25, 0.3) is 0 Å². The van der Waals surface area contributed by atoms with Gasteiger partial charge in [0.05, 0.1) is 0 Å². The summed E-state index contributed by atoms with van der Waals surface area (Å²) in [4.78, 5) is 42.9. The van der Waals surface area contributed by atoms with Crippen LogP contribution in [0.2, 0.25) is 0 Å². The number of amides is 3.